The molecule has 1 aromatic rings. The van der Waals surface area contributed by atoms with Crippen LogP contribution in [0, 0.1) is 6.92 Å². The van der Waals surface area contributed by atoms with Crippen molar-refractivity contribution in [2.45, 2.75) is 27.2 Å². The molecule has 1 aromatic carbocycles. The summed E-state index contributed by atoms with van der Waals surface area (Å²) >= 11 is 0. The van der Waals surface area contributed by atoms with Gasteiger partial charge in [0.2, 0.25) is 0 Å². The van der Waals surface area contributed by atoms with E-state index < -0.39 is 0 Å². The summed E-state index contributed by atoms with van der Waals surface area (Å²) in [5.74, 6) is 0. The molecule has 0 aliphatic rings. The van der Waals surface area contributed by atoms with Crippen LogP contribution in [0.25, 0.3) is 5.57 Å². The van der Waals surface area contributed by atoms with Crippen molar-refractivity contribution in [1.29, 1.82) is 0 Å². The van der Waals surface area contributed by atoms with Crippen LogP contribution in [0.1, 0.15) is 37.0 Å². The second-order valence-electron chi connectivity index (χ2n) is 3.88. The molecule has 1 nitrogen and oxygen atoms in total. The quantitative estimate of drug-likeness (QED) is 0.658. The van der Waals surface area contributed by atoms with Gasteiger partial charge in [-0.1, -0.05) is 32.2 Å². The van der Waals surface area contributed by atoms with Crippen LogP contribution in [0.4, 0.5) is 0 Å². The molecule has 0 bridgehead atoms. The number of nitrogens with zero attached hydrogens (tertiary/aromatic N) is 1. The largest absolute Gasteiger partial charge is 0.262 e. The molecule has 0 heterocycles. The lowest BCUT2D eigenvalue weighted by Crippen LogP contribution is -1.99. The molecule has 0 radical (unpaired) electrons. The SMILES string of the molecule is C=CN=C(C)c1cc(C(=C)CC)ccc1C. The first-order chi connectivity index (χ1) is 7.60. The molecule has 1 heteroatoms. The van der Waals surface area contributed by atoms with E-state index in [0.29, 0.717) is 0 Å². The van der Waals surface area contributed by atoms with Crippen molar-refractivity contribution in [3.63, 3.8) is 0 Å². The number of rotatable bonds is 4. The first-order valence-electron chi connectivity index (χ1n) is 5.54. The molecule has 0 unspecified atom stereocenters. The number of benzene rings is 1. The third kappa shape index (κ3) is 2.69. The highest BCUT2D eigenvalue weighted by Crippen LogP contribution is 2.20. The lowest BCUT2D eigenvalue weighted by Gasteiger charge is -2.09. The molecule has 0 N–H and O–H groups in total. The van der Waals surface area contributed by atoms with Crippen LogP contribution >= 0.6 is 0 Å². The van der Waals surface area contributed by atoms with Crippen molar-refractivity contribution in [3.05, 3.63) is 54.2 Å². The zero-order valence-corrected chi connectivity index (χ0v) is 10.4. The van der Waals surface area contributed by atoms with Crippen molar-refractivity contribution < 1.29 is 0 Å². The van der Waals surface area contributed by atoms with Gasteiger partial charge in [-0.2, -0.15) is 0 Å². The monoisotopic (exact) mass is 213 g/mol. The van der Waals surface area contributed by atoms with E-state index in [4.69, 9.17) is 0 Å². The highest BCUT2D eigenvalue weighted by molar-refractivity contribution is 6.01. The maximum atomic E-state index is 4.23. The molecule has 0 atom stereocenters. The van der Waals surface area contributed by atoms with Gasteiger partial charge in [-0.25, -0.2) is 0 Å². The minimum Gasteiger partial charge on any atom is -0.262 e. The third-order valence-electron chi connectivity index (χ3n) is 2.75. The Bertz CT molecular complexity index is 439. The summed E-state index contributed by atoms with van der Waals surface area (Å²) in [6, 6.07) is 6.39. The van der Waals surface area contributed by atoms with Gasteiger partial charge in [0.1, 0.15) is 0 Å². The molecule has 16 heavy (non-hydrogen) atoms. The second kappa shape index (κ2) is 5.45. The van der Waals surface area contributed by atoms with Crippen LogP contribution in [0.2, 0.25) is 0 Å². The van der Waals surface area contributed by atoms with Gasteiger partial charge in [-0.3, -0.25) is 4.99 Å². The average molecular weight is 213 g/mol. The van der Waals surface area contributed by atoms with E-state index in [1.54, 1.807) is 6.20 Å². The molecule has 0 fully saturated rings. The van der Waals surface area contributed by atoms with Crippen molar-refractivity contribution >= 4 is 11.3 Å². The predicted octanol–water partition coefficient (Wildman–Crippen LogP) is 4.37. The zero-order chi connectivity index (χ0) is 12.1. The summed E-state index contributed by atoms with van der Waals surface area (Å²) < 4.78 is 0. The lowest BCUT2D eigenvalue weighted by atomic mass is 9.97. The van der Waals surface area contributed by atoms with Crippen molar-refractivity contribution in [2.24, 2.45) is 4.99 Å². The highest BCUT2D eigenvalue weighted by Gasteiger charge is 2.04. The van der Waals surface area contributed by atoms with Gasteiger partial charge in [0.05, 0.1) is 0 Å². The number of hydrogen-bond donors (Lipinski definition) is 0. The summed E-state index contributed by atoms with van der Waals surface area (Å²) in [5.41, 5.74) is 5.76. The Kier molecular flexibility index (Phi) is 4.24. The fourth-order valence-corrected chi connectivity index (χ4v) is 1.64. The first-order valence-corrected chi connectivity index (χ1v) is 5.54. The summed E-state index contributed by atoms with van der Waals surface area (Å²) in [5, 5.41) is 0. The molecule has 0 saturated heterocycles. The van der Waals surface area contributed by atoms with Gasteiger partial charge in [0, 0.05) is 11.9 Å². The summed E-state index contributed by atoms with van der Waals surface area (Å²) in [7, 11) is 0. The Morgan fingerprint density at radius 2 is 2.12 bits per heavy atom. The molecule has 0 saturated carbocycles. The van der Waals surface area contributed by atoms with E-state index >= 15 is 0 Å². The number of aliphatic imine (C=N–C) groups is 1. The maximum Gasteiger partial charge on any atom is 0.0447 e. The van der Waals surface area contributed by atoms with E-state index in [1.165, 1.54) is 16.7 Å². The lowest BCUT2D eigenvalue weighted by molar-refractivity contribution is 1.24. The summed E-state index contributed by atoms with van der Waals surface area (Å²) in [6.45, 7) is 13.9. The van der Waals surface area contributed by atoms with E-state index in [2.05, 4.69) is 50.2 Å². The smallest absolute Gasteiger partial charge is 0.0447 e. The van der Waals surface area contributed by atoms with Crippen molar-refractivity contribution in [2.75, 3.05) is 0 Å². The molecule has 0 aromatic heterocycles. The molecule has 0 aliphatic carbocycles. The number of aryl methyl sites for hydroxylation is 1. The van der Waals surface area contributed by atoms with Gasteiger partial charge in [-0.15, -0.1) is 0 Å². The normalized spacial score (nSPS) is 11.3. The highest BCUT2D eigenvalue weighted by atomic mass is 14.7. The molecule has 0 spiro atoms. The Balaban J connectivity index is 3.23. The van der Waals surface area contributed by atoms with Gasteiger partial charge in [-0.05, 0) is 48.6 Å². The van der Waals surface area contributed by atoms with Crippen LogP contribution < -0.4 is 0 Å². The van der Waals surface area contributed by atoms with Gasteiger partial charge < -0.3 is 0 Å². The van der Waals surface area contributed by atoms with Crippen molar-refractivity contribution in [1.82, 2.24) is 0 Å². The molecule has 1 rings (SSSR count). The van der Waals surface area contributed by atoms with Crippen molar-refractivity contribution in [3.8, 4) is 0 Å². The standard InChI is InChI=1S/C15H19N/c1-6-11(3)14-9-8-12(4)15(10-14)13(5)16-7-2/h7-10H,2-3,6H2,1,4-5H3. The fraction of sp³-hybridized carbons (Fsp3) is 0.267. The number of allylic oxidation sites excluding steroid dienone is 1. The van der Waals surface area contributed by atoms with E-state index in [0.717, 1.165) is 17.7 Å². The van der Waals surface area contributed by atoms with Crippen LogP contribution in [0.15, 0.2) is 42.5 Å². The summed E-state index contributed by atoms with van der Waals surface area (Å²) in [6.07, 6.45) is 2.55. The third-order valence-corrected chi connectivity index (χ3v) is 2.75. The minimum atomic E-state index is 0.972. The van der Waals surface area contributed by atoms with Crippen LogP contribution in [0.3, 0.4) is 0 Å². The Morgan fingerprint density at radius 1 is 1.44 bits per heavy atom. The average Bonchev–Trinajstić information content (AvgIpc) is 2.29. The zero-order valence-electron chi connectivity index (χ0n) is 10.4. The Morgan fingerprint density at radius 3 is 2.69 bits per heavy atom. The first kappa shape index (κ1) is 12.4. The molecule has 0 aliphatic heterocycles. The maximum absolute atomic E-state index is 4.23. The minimum absolute atomic E-state index is 0.972. The predicted molar refractivity (Wildman–Crippen MR) is 72.9 cm³/mol. The second-order valence-corrected chi connectivity index (χ2v) is 3.88. The molecular formula is C15H19N. The van der Waals surface area contributed by atoms with Gasteiger partial charge in [0.25, 0.3) is 0 Å². The Labute approximate surface area is 98.2 Å². The molecular weight excluding hydrogens is 194 g/mol. The van der Waals surface area contributed by atoms with Crippen LogP contribution in [-0.4, -0.2) is 5.71 Å². The molecule has 84 valence electrons. The van der Waals surface area contributed by atoms with Crippen LogP contribution in [-0.2, 0) is 0 Å². The summed E-state index contributed by atoms with van der Waals surface area (Å²) in [4.78, 5) is 4.23. The fourth-order valence-electron chi connectivity index (χ4n) is 1.64. The molecule has 0 amide bonds. The van der Waals surface area contributed by atoms with E-state index in [9.17, 15) is 0 Å². The van der Waals surface area contributed by atoms with E-state index in [-0.39, 0.29) is 0 Å². The topological polar surface area (TPSA) is 12.4 Å². The Hall–Kier alpha value is -1.63. The van der Waals surface area contributed by atoms with Gasteiger partial charge >= 0.3 is 0 Å². The van der Waals surface area contributed by atoms with Gasteiger partial charge in [0.15, 0.2) is 0 Å². The number of hydrogen-bond acceptors (Lipinski definition) is 1. The van der Waals surface area contributed by atoms with Crippen LogP contribution in [0.5, 0.6) is 0 Å². The van der Waals surface area contributed by atoms with E-state index in [1.807, 2.05) is 6.92 Å².